The third-order valence-electron chi connectivity index (χ3n) is 4.02. The molecule has 1 N–H and O–H groups in total. The number of hydrogen-bond acceptors (Lipinski definition) is 1. The van der Waals surface area contributed by atoms with Crippen molar-refractivity contribution in [3.63, 3.8) is 0 Å². The number of fused-ring (bicyclic) bond motifs is 1. The van der Waals surface area contributed by atoms with Gasteiger partial charge in [-0.3, -0.25) is 4.79 Å². The average molecular weight is 285 g/mol. The summed E-state index contributed by atoms with van der Waals surface area (Å²) >= 11 is 0. The summed E-state index contributed by atoms with van der Waals surface area (Å²) in [6, 6.07) is 4.01. The quantitative estimate of drug-likeness (QED) is 0.875. The number of para-hydroxylation sites is 1. The third-order valence-corrected chi connectivity index (χ3v) is 4.02. The van der Waals surface area contributed by atoms with Crippen LogP contribution in [0.2, 0.25) is 0 Å². The maximum Gasteiger partial charge on any atom is 0.418 e. The number of hydrogen-bond donors (Lipinski definition) is 1. The Labute approximate surface area is 116 Å². The topological polar surface area (TPSA) is 29.1 Å². The van der Waals surface area contributed by atoms with Gasteiger partial charge in [-0.25, -0.2) is 0 Å². The van der Waals surface area contributed by atoms with Gasteiger partial charge < -0.3 is 5.32 Å². The van der Waals surface area contributed by atoms with Crippen molar-refractivity contribution in [3.05, 3.63) is 29.3 Å². The van der Waals surface area contributed by atoms with E-state index in [2.05, 4.69) is 5.32 Å². The molecule has 110 valence electrons. The summed E-state index contributed by atoms with van der Waals surface area (Å²) in [5.74, 6) is -0.537. The zero-order chi connectivity index (χ0) is 15.1. The van der Waals surface area contributed by atoms with Crippen LogP contribution < -0.4 is 5.32 Å². The minimum atomic E-state index is -4.45. The minimum absolute atomic E-state index is 0.0414. The molecule has 0 aliphatic carbocycles. The van der Waals surface area contributed by atoms with Gasteiger partial charge in [-0.2, -0.15) is 13.2 Å². The molecule has 0 spiro atoms. The molecule has 2 atom stereocenters. The zero-order valence-corrected chi connectivity index (χ0v) is 11.7. The van der Waals surface area contributed by atoms with Gasteiger partial charge in [0.1, 0.15) is 0 Å². The highest BCUT2D eigenvalue weighted by Crippen LogP contribution is 2.46. The summed E-state index contributed by atoms with van der Waals surface area (Å²) in [4.78, 5) is 12.1. The molecule has 5 heteroatoms. The lowest BCUT2D eigenvalue weighted by molar-refractivity contribution is -0.136. The Morgan fingerprint density at radius 1 is 1.30 bits per heavy atom. The van der Waals surface area contributed by atoms with Gasteiger partial charge >= 0.3 is 6.18 Å². The van der Waals surface area contributed by atoms with Gasteiger partial charge in [0.25, 0.3) is 0 Å². The Kier molecular flexibility index (Phi) is 3.80. The van der Waals surface area contributed by atoms with Crippen LogP contribution in [-0.4, -0.2) is 5.91 Å². The maximum atomic E-state index is 13.0. The van der Waals surface area contributed by atoms with E-state index >= 15 is 0 Å². The Hall–Kier alpha value is -1.52. The molecule has 1 heterocycles. The molecular weight excluding hydrogens is 267 g/mol. The van der Waals surface area contributed by atoms with E-state index in [1.807, 2.05) is 20.8 Å². The Morgan fingerprint density at radius 2 is 1.95 bits per heavy atom. The predicted octanol–water partition coefficient (Wildman–Crippen LogP) is 4.42. The van der Waals surface area contributed by atoms with Crippen molar-refractivity contribution in [1.29, 1.82) is 0 Å². The molecule has 1 aliphatic rings. The Morgan fingerprint density at radius 3 is 2.45 bits per heavy atom. The lowest BCUT2D eigenvalue weighted by Crippen LogP contribution is -2.24. The van der Waals surface area contributed by atoms with Crippen molar-refractivity contribution in [2.45, 2.75) is 39.3 Å². The highest BCUT2D eigenvalue weighted by atomic mass is 19.4. The van der Waals surface area contributed by atoms with Crippen molar-refractivity contribution in [3.8, 4) is 0 Å². The fourth-order valence-electron chi connectivity index (χ4n) is 3.06. The number of alkyl halides is 3. The number of carbonyl (C=O) groups excluding carboxylic acids is 1. The van der Waals surface area contributed by atoms with Crippen LogP contribution in [0.25, 0.3) is 0 Å². The summed E-state index contributed by atoms with van der Waals surface area (Å²) in [6.07, 6.45) is -3.70. The summed E-state index contributed by atoms with van der Waals surface area (Å²) in [7, 11) is 0. The first-order chi connectivity index (χ1) is 9.27. The van der Waals surface area contributed by atoms with Crippen LogP contribution in [0.3, 0.4) is 0 Å². The summed E-state index contributed by atoms with van der Waals surface area (Å²) < 4.78 is 39.0. The van der Waals surface area contributed by atoms with E-state index < -0.39 is 17.7 Å². The second-order valence-electron chi connectivity index (χ2n) is 5.55. The van der Waals surface area contributed by atoms with Crippen molar-refractivity contribution >= 4 is 11.6 Å². The van der Waals surface area contributed by atoms with Crippen molar-refractivity contribution in [1.82, 2.24) is 0 Å². The van der Waals surface area contributed by atoms with E-state index in [1.165, 1.54) is 6.07 Å². The average Bonchev–Trinajstić information content (AvgIpc) is 2.65. The van der Waals surface area contributed by atoms with Crippen LogP contribution in [0, 0.1) is 11.8 Å². The number of halogens is 3. The summed E-state index contributed by atoms with van der Waals surface area (Å²) in [6.45, 7) is 5.95. The maximum absolute atomic E-state index is 13.0. The van der Waals surface area contributed by atoms with Crippen LogP contribution >= 0.6 is 0 Å². The molecule has 0 bridgehead atoms. The Bertz CT molecular complexity index is 522. The minimum Gasteiger partial charge on any atom is -0.325 e. The van der Waals surface area contributed by atoms with Crippen LogP contribution in [-0.2, 0) is 11.0 Å². The highest BCUT2D eigenvalue weighted by molar-refractivity contribution is 6.04. The lowest BCUT2D eigenvalue weighted by Gasteiger charge is -2.24. The highest BCUT2D eigenvalue weighted by Gasteiger charge is 2.43. The second-order valence-corrected chi connectivity index (χ2v) is 5.55. The molecule has 0 saturated carbocycles. The molecule has 0 aromatic heterocycles. The van der Waals surface area contributed by atoms with Gasteiger partial charge in [0.05, 0.1) is 17.2 Å². The first-order valence-corrected chi connectivity index (χ1v) is 6.78. The molecule has 1 aromatic rings. The molecule has 20 heavy (non-hydrogen) atoms. The smallest absolute Gasteiger partial charge is 0.325 e. The second kappa shape index (κ2) is 5.11. The van der Waals surface area contributed by atoms with E-state index in [0.717, 1.165) is 12.5 Å². The third kappa shape index (κ3) is 2.41. The first-order valence-electron chi connectivity index (χ1n) is 6.78. The lowest BCUT2D eigenvalue weighted by atomic mass is 9.78. The van der Waals surface area contributed by atoms with E-state index in [-0.39, 0.29) is 23.4 Å². The standard InChI is InChI=1S/C15H18F3NO/c1-4-9(8(2)3)12-10-6-5-7-11(15(16,17)18)13(10)19-14(12)20/h5-9,12H,4H2,1-3H3,(H,19,20). The van der Waals surface area contributed by atoms with Crippen molar-refractivity contribution < 1.29 is 18.0 Å². The summed E-state index contributed by atoms with van der Waals surface area (Å²) in [5, 5.41) is 2.43. The van der Waals surface area contributed by atoms with E-state index in [9.17, 15) is 18.0 Å². The number of rotatable bonds is 3. The normalized spacial score (nSPS) is 19.9. The number of carbonyl (C=O) groups is 1. The molecule has 1 aliphatic heterocycles. The monoisotopic (exact) mass is 285 g/mol. The van der Waals surface area contributed by atoms with Crippen LogP contribution in [0.4, 0.5) is 18.9 Å². The van der Waals surface area contributed by atoms with Crippen LogP contribution in [0.1, 0.15) is 44.2 Å². The van der Waals surface area contributed by atoms with Gasteiger partial charge in [-0.1, -0.05) is 39.3 Å². The van der Waals surface area contributed by atoms with E-state index in [1.54, 1.807) is 6.07 Å². The van der Waals surface area contributed by atoms with Crippen molar-refractivity contribution in [2.24, 2.45) is 11.8 Å². The molecular formula is C15H18F3NO. The molecule has 0 saturated heterocycles. The zero-order valence-electron chi connectivity index (χ0n) is 11.7. The number of nitrogens with one attached hydrogen (secondary N) is 1. The van der Waals surface area contributed by atoms with Crippen LogP contribution in [0.15, 0.2) is 18.2 Å². The number of amides is 1. The SMILES string of the molecule is CCC(C(C)C)C1C(=O)Nc2c1cccc2C(F)(F)F. The molecule has 1 aromatic carbocycles. The van der Waals surface area contributed by atoms with Gasteiger partial charge in [0.2, 0.25) is 5.91 Å². The molecule has 2 nitrogen and oxygen atoms in total. The van der Waals surface area contributed by atoms with Gasteiger partial charge in [-0.15, -0.1) is 0 Å². The summed E-state index contributed by atoms with van der Waals surface area (Å²) in [5.41, 5.74) is -0.344. The van der Waals surface area contributed by atoms with Crippen molar-refractivity contribution in [2.75, 3.05) is 5.32 Å². The first kappa shape index (κ1) is 14.9. The number of anilines is 1. The van der Waals surface area contributed by atoms with Gasteiger partial charge in [0, 0.05) is 0 Å². The molecule has 1 amide bonds. The molecule has 2 unspecified atom stereocenters. The van der Waals surface area contributed by atoms with E-state index in [0.29, 0.717) is 5.56 Å². The largest absolute Gasteiger partial charge is 0.418 e. The molecule has 2 rings (SSSR count). The molecule has 0 fully saturated rings. The van der Waals surface area contributed by atoms with Crippen LogP contribution in [0.5, 0.6) is 0 Å². The fraction of sp³-hybridized carbons (Fsp3) is 0.533. The number of benzene rings is 1. The van der Waals surface area contributed by atoms with Gasteiger partial charge in [0.15, 0.2) is 0 Å². The van der Waals surface area contributed by atoms with E-state index in [4.69, 9.17) is 0 Å². The Balaban J connectivity index is 2.52. The van der Waals surface area contributed by atoms with Gasteiger partial charge in [-0.05, 0) is 23.5 Å². The molecule has 0 radical (unpaired) electrons. The predicted molar refractivity (Wildman–Crippen MR) is 71.4 cm³/mol. The fourth-order valence-corrected chi connectivity index (χ4v) is 3.06.